The van der Waals surface area contributed by atoms with E-state index in [0.29, 0.717) is 6.04 Å². The smallest absolute Gasteiger partial charge is 0.0582 e. The maximum absolute atomic E-state index is 3.36. The van der Waals surface area contributed by atoms with Crippen LogP contribution in [0.5, 0.6) is 0 Å². The second-order valence-corrected chi connectivity index (χ2v) is 4.65. The molecule has 0 fully saturated rings. The molecule has 0 bridgehead atoms. The van der Waals surface area contributed by atoms with Crippen molar-refractivity contribution in [3.8, 4) is 0 Å². The lowest BCUT2D eigenvalue weighted by Crippen LogP contribution is -2.16. The molecule has 0 saturated heterocycles. The molecule has 0 radical (unpaired) electrons. The maximum Gasteiger partial charge on any atom is 0.0582 e. The molecule has 1 aromatic carbocycles. The summed E-state index contributed by atoms with van der Waals surface area (Å²) >= 11 is 1.75. The summed E-state index contributed by atoms with van der Waals surface area (Å²) in [5, 5.41) is 7.69. The Hall–Kier alpha value is -1.12. The molecule has 0 aliphatic carbocycles. The lowest BCUT2D eigenvalue weighted by Gasteiger charge is -2.15. The molecular formula is C14H17NS. The third-order valence-electron chi connectivity index (χ3n) is 2.89. The van der Waals surface area contributed by atoms with Gasteiger partial charge in [-0.3, -0.25) is 0 Å². The Morgan fingerprint density at radius 2 is 1.88 bits per heavy atom. The van der Waals surface area contributed by atoms with Crippen LogP contribution in [0, 0.1) is 0 Å². The van der Waals surface area contributed by atoms with E-state index in [9.17, 15) is 0 Å². The first kappa shape index (κ1) is 11.4. The summed E-state index contributed by atoms with van der Waals surface area (Å²) in [6.45, 7) is 2.18. The fourth-order valence-corrected chi connectivity index (χ4v) is 2.60. The summed E-state index contributed by atoms with van der Waals surface area (Å²) < 4.78 is 0. The minimum Gasteiger partial charge on any atom is -0.309 e. The predicted octanol–water partition coefficient (Wildman–Crippen LogP) is 3.62. The zero-order valence-electron chi connectivity index (χ0n) is 9.73. The number of hydrogen-bond donors (Lipinski definition) is 1. The average Bonchev–Trinajstić information content (AvgIpc) is 2.85. The fraction of sp³-hybridized carbons (Fsp3) is 0.286. The Morgan fingerprint density at radius 3 is 2.38 bits per heavy atom. The van der Waals surface area contributed by atoms with Gasteiger partial charge in [0.2, 0.25) is 0 Å². The highest BCUT2D eigenvalue weighted by Crippen LogP contribution is 2.23. The first-order chi connectivity index (χ1) is 7.85. The number of nitrogens with one attached hydrogen (secondary N) is 1. The SMILES string of the molecule is CCc1ccc(C(NC)c2ccsc2)cc1. The van der Waals surface area contributed by atoms with Crippen LogP contribution >= 0.6 is 11.3 Å². The van der Waals surface area contributed by atoms with Gasteiger partial charge in [0.25, 0.3) is 0 Å². The van der Waals surface area contributed by atoms with Gasteiger partial charge in [0, 0.05) is 0 Å². The van der Waals surface area contributed by atoms with E-state index in [4.69, 9.17) is 0 Å². The quantitative estimate of drug-likeness (QED) is 0.847. The van der Waals surface area contributed by atoms with E-state index in [1.54, 1.807) is 11.3 Å². The molecule has 1 N–H and O–H groups in total. The van der Waals surface area contributed by atoms with Gasteiger partial charge in [0.15, 0.2) is 0 Å². The number of benzene rings is 1. The highest BCUT2D eigenvalue weighted by atomic mass is 32.1. The molecule has 2 rings (SSSR count). The number of hydrogen-bond acceptors (Lipinski definition) is 2. The number of thiophene rings is 1. The number of aryl methyl sites for hydroxylation is 1. The van der Waals surface area contributed by atoms with Crippen LogP contribution in [0.1, 0.15) is 29.7 Å². The van der Waals surface area contributed by atoms with Gasteiger partial charge in [-0.15, -0.1) is 0 Å². The highest BCUT2D eigenvalue weighted by molar-refractivity contribution is 7.08. The van der Waals surface area contributed by atoms with E-state index in [-0.39, 0.29) is 0 Å². The van der Waals surface area contributed by atoms with E-state index >= 15 is 0 Å². The average molecular weight is 231 g/mol. The van der Waals surface area contributed by atoms with E-state index in [1.165, 1.54) is 16.7 Å². The van der Waals surface area contributed by atoms with Crippen LogP contribution in [0.4, 0.5) is 0 Å². The molecule has 0 saturated carbocycles. The summed E-state index contributed by atoms with van der Waals surface area (Å²) in [5.41, 5.74) is 4.07. The summed E-state index contributed by atoms with van der Waals surface area (Å²) in [7, 11) is 2.01. The maximum atomic E-state index is 3.36. The van der Waals surface area contributed by atoms with Crippen molar-refractivity contribution in [2.24, 2.45) is 0 Å². The zero-order valence-corrected chi connectivity index (χ0v) is 10.6. The molecule has 1 aromatic heterocycles. The second-order valence-electron chi connectivity index (χ2n) is 3.87. The van der Waals surface area contributed by atoms with Gasteiger partial charge in [-0.25, -0.2) is 0 Å². The van der Waals surface area contributed by atoms with E-state index in [1.807, 2.05) is 7.05 Å². The minimum atomic E-state index is 0.317. The summed E-state index contributed by atoms with van der Waals surface area (Å²) in [5.74, 6) is 0. The summed E-state index contributed by atoms with van der Waals surface area (Å²) in [4.78, 5) is 0. The van der Waals surface area contributed by atoms with Crippen molar-refractivity contribution in [2.75, 3.05) is 7.05 Å². The molecule has 0 aliphatic rings. The molecule has 2 heteroatoms. The van der Waals surface area contributed by atoms with Crippen LogP contribution in [0.25, 0.3) is 0 Å². The zero-order chi connectivity index (χ0) is 11.4. The normalized spacial score (nSPS) is 12.6. The summed E-state index contributed by atoms with van der Waals surface area (Å²) in [6, 6.07) is 11.4. The van der Waals surface area contributed by atoms with Gasteiger partial charge in [-0.2, -0.15) is 11.3 Å². The van der Waals surface area contributed by atoms with Crippen molar-refractivity contribution in [3.05, 3.63) is 57.8 Å². The van der Waals surface area contributed by atoms with Crippen molar-refractivity contribution in [1.82, 2.24) is 5.32 Å². The van der Waals surface area contributed by atoms with Gasteiger partial charge >= 0.3 is 0 Å². The Morgan fingerprint density at radius 1 is 1.12 bits per heavy atom. The van der Waals surface area contributed by atoms with E-state index in [0.717, 1.165) is 6.42 Å². The highest BCUT2D eigenvalue weighted by Gasteiger charge is 2.11. The standard InChI is InChI=1S/C14H17NS/c1-3-11-4-6-12(7-5-11)14(15-2)13-8-9-16-10-13/h4-10,14-15H,3H2,1-2H3. The van der Waals surface area contributed by atoms with Crippen molar-refractivity contribution in [1.29, 1.82) is 0 Å². The molecule has 84 valence electrons. The van der Waals surface area contributed by atoms with E-state index < -0.39 is 0 Å². The van der Waals surface area contributed by atoms with Gasteiger partial charge < -0.3 is 5.32 Å². The van der Waals surface area contributed by atoms with Crippen LogP contribution in [-0.4, -0.2) is 7.05 Å². The van der Waals surface area contributed by atoms with Crippen LogP contribution in [0.15, 0.2) is 41.1 Å². The molecule has 1 unspecified atom stereocenters. The topological polar surface area (TPSA) is 12.0 Å². The van der Waals surface area contributed by atoms with Crippen molar-refractivity contribution in [2.45, 2.75) is 19.4 Å². The molecule has 0 amide bonds. The van der Waals surface area contributed by atoms with E-state index in [2.05, 4.69) is 53.3 Å². The molecule has 0 aliphatic heterocycles. The molecule has 2 aromatic rings. The number of rotatable bonds is 4. The fourth-order valence-electron chi connectivity index (χ4n) is 1.91. The summed E-state index contributed by atoms with van der Waals surface area (Å²) in [6.07, 6.45) is 1.10. The molecule has 1 nitrogen and oxygen atoms in total. The Labute approximate surface area is 101 Å². The molecular weight excluding hydrogens is 214 g/mol. The van der Waals surface area contributed by atoms with Crippen LogP contribution in [0.3, 0.4) is 0 Å². The molecule has 16 heavy (non-hydrogen) atoms. The first-order valence-corrected chi connectivity index (χ1v) is 6.57. The van der Waals surface area contributed by atoms with Crippen LogP contribution < -0.4 is 5.32 Å². The Kier molecular flexibility index (Phi) is 3.75. The molecule has 0 spiro atoms. The van der Waals surface area contributed by atoms with Gasteiger partial charge in [0.1, 0.15) is 0 Å². The van der Waals surface area contributed by atoms with Gasteiger partial charge in [0.05, 0.1) is 6.04 Å². The minimum absolute atomic E-state index is 0.317. The van der Waals surface area contributed by atoms with Crippen LogP contribution in [0.2, 0.25) is 0 Å². The Balaban J connectivity index is 2.27. The van der Waals surface area contributed by atoms with Crippen LogP contribution in [-0.2, 0) is 6.42 Å². The van der Waals surface area contributed by atoms with Gasteiger partial charge in [-0.1, -0.05) is 31.2 Å². The lowest BCUT2D eigenvalue weighted by atomic mass is 10.00. The van der Waals surface area contributed by atoms with Crippen molar-refractivity contribution >= 4 is 11.3 Å². The molecule has 1 heterocycles. The van der Waals surface area contributed by atoms with Crippen molar-refractivity contribution in [3.63, 3.8) is 0 Å². The monoisotopic (exact) mass is 231 g/mol. The largest absolute Gasteiger partial charge is 0.309 e. The third kappa shape index (κ3) is 2.34. The Bertz CT molecular complexity index is 417. The first-order valence-electron chi connectivity index (χ1n) is 5.63. The molecule has 1 atom stereocenters. The third-order valence-corrected chi connectivity index (χ3v) is 3.59. The predicted molar refractivity (Wildman–Crippen MR) is 71.0 cm³/mol. The second kappa shape index (κ2) is 5.28. The van der Waals surface area contributed by atoms with Crippen molar-refractivity contribution < 1.29 is 0 Å². The lowest BCUT2D eigenvalue weighted by molar-refractivity contribution is 0.694. The van der Waals surface area contributed by atoms with Gasteiger partial charge in [-0.05, 0) is 47.0 Å².